The van der Waals surface area contributed by atoms with Gasteiger partial charge in [-0.2, -0.15) is 0 Å². The Morgan fingerprint density at radius 3 is 2.64 bits per heavy atom. The fourth-order valence-electron chi connectivity index (χ4n) is 1.91. The lowest BCUT2D eigenvalue weighted by atomic mass is 9.71. The Morgan fingerprint density at radius 2 is 2.14 bits per heavy atom. The van der Waals surface area contributed by atoms with Gasteiger partial charge in [-0.3, -0.25) is 4.79 Å². The summed E-state index contributed by atoms with van der Waals surface area (Å²) in [4.78, 5) is 10.7. The molecule has 0 saturated heterocycles. The van der Waals surface area contributed by atoms with Gasteiger partial charge in [0.15, 0.2) is 6.29 Å². The highest BCUT2D eigenvalue weighted by Crippen LogP contribution is 2.39. The second-order valence-corrected chi connectivity index (χ2v) is 3.86. The molecule has 0 aromatic heterocycles. The first-order chi connectivity index (χ1) is 6.65. The molecule has 14 heavy (non-hydrogen) atoms. The second-order valence-electron chi connectivity index (χ2n) is 3.86. The fraction of sp³-hybridized carbons (Fsp3) is 0.364. The molecule has 0 unspecified atom stereocenters. The van der Waals surface area contributed by atoms with E-state index in [-0.39, 0.29) is 0 Å². The summed E-state index contributed by atoms with van der Waals surface area (Å²) in [6.45, 7) is 0. The largest absolute Gasteiger partial charge is 0.321 e. The van der Waals surface area contributed by atoms with Crippen LogP contribution in [-0.2, 0) is 5.54 Å². The van der Waals surface area contributed by atoms with Crippen molar-refractivity contribution in [1.29, 1.82) is 0 Å². The van der Waals surface area contributed by atoms with E-state index in [4.69, 9.17) is 5.73 Å². The molecule has 0 bridgehead atoms. The Labute approximate surface area is 81.9 Å². The fourth-order valence-corrected chi connectivity index (χ4v) is 1.91. The third kappa shape index (κ3) is 1.34. The van der Waals surface area contributed by atoms with Crippen molar-refractivity contribution in [3.63, 3.8) is 0 Å². The number of halogens is 1. The third-order valence-electron chi connectivity index (χ3n) is 2.92. The first-order valence-corrected chi connectivity index (χ1v) is 4.70. The summed E-state index contributed by atoms with van der Waals surface area (Å²) in [5, 5.41) is 0. The third-order valence-corrected chi connectivity index (χ3v) is 2.92. The number of aldehydes is 1. The summed E-state index contributed by atoms with van der Waals surface area (Å²) in [5.41, 5.74) is 6.83. The van der Waals surface area contributed by atoms with E-state index >= 15 is 0 Å². The molecule has 74 valence electrons. The number of hydrogen-bond donors (Lipinski definition) is 1. The van der Waals surface area contributed by atoms with Crippen LogP contribution < -0.4 is 5.73 Å². The van der Waals surface area contributed by atoms with Gasteiger partial charge in [0.05, 0.1) is 0 Å². The van der Waals surface area contributed by atoms with E-state index in [1.165, 1.54) is 12.1 Å². The van der Waals surface area contributed by atoms with Crippen LogP contribution in [0.2, 0.25) is 0 Å². The summed E-state index contributed by atoms with van der Waals surface area (Å²) in [6, 6.07) is 4.22. The first kappa shape index (κ1) is 9.34. The van der Waals surface area contributed by atoms with Crippen molar-refractivity contribution in [3.05, 3.63) is 35.1 Å². The molecule has 1 aromatic rings. The molecule has 2 rings (SSSR count). The number of carbonyl (C=O) groups excluding carboxylic acids is 1. The minimum atomic E-state index is -0.399. The molecule has 1 fully saturated rings. The van der Waals surface area contributed by atoms with Crippen molar-refractivity contribution < 1.29 is 9.18 Å². The molecule has 2 nitrogen and oxygen atoms in total. The van der Waals surface area contributed by atoms with Crippen LogP contribution >= 0.6 is 0 Å². The Bertz CT molecular complexity index is 372. The van der Waals surface area contributed by atoms with Crippen molar-refractivity contribution in [2.45, 2.75) is 24.8 Å². The zero-order valence-corrected chi connectivity index (χ0v) is 7.79. The van der Waals surface area contributed by atoms with E-state index in [2.05, 4.69) is 0 Å². The van der Waals surface area contributed by atoms with Crippen molar-refractivity contribution in [2.75, 3.05) is 0 Å². The normalized spacial score (nSPS) is 18.7. The molecule has 1 aliphatic rings. The second kappa shape index (κ2) is 3.17. The monoisotopic (exact) mass is 193 g/mol. The van der Waals surface area contributed by atoms with E-state index < -0.39 is 11.4 Å². The van der Waals surface area contributed by atoms with Crippen LogP contribution in [0.15, 0.2) is 18.2 Å². The van der Waals surface area contributed by atoms with E-state index in [9.17, 15) is 9.18 Å². The van der Waals surface area contributed by atoms with Gasteiger partial charge in [-0.25, -0.2) is 4.39 Å². The maximum atomic E-state index is 12.8. The SMILES string of the molecule is NC1(c2ccc(F)cc2C=O)CCC1. The smallest absolute Gasteiger partial charge is 0.150 e. The van der Waals surface area contributed by atoms with Crippen LogP contribution in [-0.4, -0.2) is 6.29 Å². The predicted molar refractivity (Wildman–Crippen MR) is 51.5 cm³/mol. The minimum Gasteiger partial charge on any atom is -0.321 e. The van der Waals surface area contributed by atoms with Crippen LogP contribution in [0.1, 0.15) is 35.2 Å². The van der Waals surface area contributed by atoms with Crippen LogP contribution in [0.25, 0.3) is 0 Å². The van der Waals surface area contributed by atoms with Crippen molar-refractivity contribution >= 4 is 6.29 Å². The summed E-state index contributed by atoms with van der Waals surface area (Å²) in [7, 11) is 0. The Kier molecular flexibility index (Phi) is 2.11. The van der Waals surface area contributed by atoms with E-state index in [1.807, 2.05) is 0 Å². The van der Waals surface area contributed by atoms with E-state index in [0.29, 0.717) is 11.8 Å². The van der Waals surface area contributed by atoms with Crippen LogP contribution in [0.4, 0.5) is 4.39 Å². The molecule has 0 heterocycles. The molecule has 0 radical (unpaired) electrons. The number of rotatable bonds is 2. The highest BCUT2D eigenvalue weighted by molar-refractivity contribution is 5.78. The number of nitrogens with two attached hydrogens (primary N) is 1. The molecule has 2 N–H and O–H groups in total. The average Bonchev–Trinajstić information content (AvgIpc) is 2.14. The standard InChI is InChI=1S/C11H12FNO/c12-9-2-3-10(8(6-9)7-14)11(13)4-1-5-11/h2-3,6-7H,1,4-5,13H2. The average molecular weight is 193 g/mol. The van der Waals surface area contributed by atoms with Crippen molar-refractivity contribution in [2.24, 2.45) is 5.73 Å². The number of hydrogen-bond acceptors (Lipinski definition) is 2. The van der Waals surface area contributed by atoms with Gasteiger partial charge < -0.3 is 5.73 Å². The quantitative estimate of drug-likeness (QED) is 0.730. The van der Waals surface area contributed by atoms with Gasteiger partial charge in [0, 0.05) is 11.1 Å². The maximum absolute atomic E-state index is 12.8. The van der Waals surface area contributed by atoms with Crippen LogP contribution in [0.3, 0.4) is 0 Å². The number of carbonyl (C=O) groups is 1. The highest BCUT2D eigenvalue weighted by Gasteiger charge is 2.35. The topological polar surface area (TPSA) is 43.1 Å². The van der Waals surface area contributed by atoms with Gasteiger partial charge in [0.25, 0.3) is 0 Å². The van der Waals surface area contributed by atoms with Crippen molar-refractivity contribution in [3.8, 4) is 0 Å². The number of benzene rings is 1. The van der Waals surface area contributed by atoms with Crippen molar-refractivity contribution in [1.82, 2.24) is 0 Å². The molecule has 1 saturated carbocycles. The lowest BCUT2D eigenvalue weighted by Gasteiger charge is -2.39. The van der Waals surface area contributed by atoms with Crippen LogP contribution in [0, 0.1) is 5.82 Å². The molecule has 0 aliphatic heterocycles. The van der Waals surface area contributed by atoms with E-state index in [0.717, 1.165) is 24.8 Å². The van der Waals surface area contributed by atoms with Gasteiger partial charge >= 0.3 is 0 Å². The molecule has 3 heteroatoms. The minimum absolute atomic E-state index is 0.382. The van der Waals surface area contributed by atoms with Gasteiger partial charge in [-0.1, -0.05) is 6.07 Å². The maximum Gasteiger partial charge on any atom is 0.150 e. The summed E-state index contributed by atoms with van der Waals surface area (Å²) in [5.74, 6) is -0.390. The molecule has 0 spiro atoms. The summed E-state index contributed by atoms with van der Waals surface area (Å²) in [6.07, 6.45) is 3.50. The lowest BCUT2D eigenvalue weighted by Crippen LogP contribution is -2.44. The van der Waals surface area contributed by atoms with Gasteiger partial charge in [0.2, 0.25) is 0 Å². The Balaban J connectivity index is 2.46. The van der Waals surface area contributed by atoms with Gasteiger partial charge in [-0.15, -0.1) is 0 Å². The predicted octanol–water partition coefficient (Wildman–Crippen LogP) is 1.98. The van der Waals surface area contributed by atoms with Crippen LogP contribution in [0.5, 0.6) is 0 Å². The van der Waals surface area contributed by atoms with E-state index in [1.54, 1.807) is 6.07 Å². The Morgan fingerprint density at radius 1 is 1.43 bits per heavy atom. The van der Waals surface area contributed by atoms with Gasteiger partial charge in [0.1, 0.15) is 5.82 Å². The Hall–Kier alpha value is -1.22. The van der Waals surface area contributed by atoms with Gasteiger partial charge in [-0.05, 0) is 37.0 Å². The molecular formula is C11H12FNO. The summed E-state index contributed by atoms with van der Waals surface area (Å²) >= 11 is 0. The molecule has 0 atom stereocenters. The zero-order valence-electron chi connectivity index (χ0n) is 7.79. The molecule has 1 aromatic carbocycles. The molecular weight excluding hydrogens is 181 g/mol. The molecule has 1 aliphatic carbocycles. The lowest BCUT2D eigenvalue weighted by molar-refractivity contribution is 0.111. The zero-order chi connectivity index (χ0) is 10.2. The first-order valence-electron chi connectivity index (χ1n) is 4.70. The molecule has 0 amide bonds. The summed E-state index contributed by atoms with van der Waals surface area (Å²) < 4.78 is 12.8. The highest BCUT2D eigenvalue weighted by atomic mass is 19.1.